The third-order valence-electron chi connectivity index (χ3n) is 4.69. The minimum atomic E-state index is 0.210. The minimum absolute atomic E-state index is 0.210. The summed E-state index contributed by atoms with van der Waals surface area (Å²) >= 11 is 2.31. The van der Waals surface area contributed by atoms with Crippen LogP contribution in [0.5, 0.6) is 0 Å². The van der Waals surface area contributed by atoms with E-state index < -0.39 is 0 Å². The Kier molecular flexibility index (Phi) is 3.93. The molecule has 0 saturated heterocycles. The Labute approximate surface area is 149 Å². The maximum Gasteiger partial charge on any atom is 0.140 e. The lowest BCUT2D eigenvalue weighted by atomic mass is 10.00. The van der Waals surface area contributed by atoms with Crippen molar-refractivity contribution in [2.24, 2.45) is 5.92 Å². The van der Waals surface area contributed by atoms with Crippen LogP contribution in [0.3, 0.4) is 0 Å². The highest BCUT2D eigenvalue weighted by Gasteiger charge is 2.43. The molecule has 0 aromatic heterocycles. The van der Waals surface area contributed by atoms with Crippen LogP contribution in [0.15, 0.2) is 66.7 Å². The zero-order chi connectivity index (χ0) is 15.8. The van der Waals surface area contributed by atoms with E-state index in [4.69, 9.17) is 0 Å². The zero-order valence-corrected chi connectivity index (χ0v) is 14.9. The first-order valence-electron chi connectivity index (χ1n) is 7.96. The largest absolute Gasteiger partial charge is 0.299 e. The molecule has 1 unspecified atom stereocenters. The van der Waals surface area contributed by atoms with Crippen LogP contribution >= 0.6 is 22.6 Å². The van der Waals surface area contributed by atoms with Gasteiger partial charge in [0.05, 0.1) is 0 Å². The van der Waals surface area contributed by atoms with Gasteiger partial charge in [-0.1, -0.05) is 54.6 Å². The number of halogens is 1. The third kappa shape index (κ3) is 3.18. The number of hydrogen-bond donors (Lipinski definition) is 0. The summed E-state index contributed by atoms with van der Waals surface area (Å²) in [4.78, 5) is 12.6. The lowest BCUT2D eigenvalue weighted by molar-refractivity contribution is -0.119. The smallest absolute Gasteiger partial charge is 0.140 e. The Morgan fingerprint density at radius 2 is 1.70 bits per heavy atom. The van der Waals surface area contributed by atoms with Gasteiger partial charge in [-0.25, -0.2) is 0 Å². The van der Waals surface area contributed by atoms with E-state index in [1.807, 2.05) is 12.1 Å². The molecule has 23 heavy (non-hydrogen) atoms. The van der Waals surface area contributed by atoms with E-state index in [1.165, 1.54) is 19.9 Å². The van der Waals surface area contributed by atoms with Gasteiger partial charge in [0.15, 0.2) is 0 Å². The summed E-state index contributed by atoms with van der Waals surface area (Å²) in [5, 5.41) is 2.44. The second-order valence-corrected chi connectivity index (χ2v) is 7.57. The lowest BCUT2D eigenvalue weighted by Gasteiger charge is -2.04. The summed E-state index contributed by atoms with van der Waals surface area (Å²) in [7, 11) is 0. The first-order chi connectivity index (χ1) is 11.2. The summed E-state index contributed by atoms with van der Waals surface area (Å²) in [6, 6.07) is 23.2. The number of ketones is 1. The molecule has 0 spiro atoms. The van der Waals surface area contributed by atoms with Crippen LogP contribution in [-0.4, -0.2) is 5.78 Å². The van der Waals surface area contributed by atoms with Gasteiger partial charge in [-0.3, -0.25) is 4.79 Å². The maximum atomic E-state index is 12.6. The molecule has 0 bridgehead atoms. The van der Waals surface area contributed by atoms with Crippen molar-refractivity contribution >= 4 is 39.1 Å². The molecule has 2 heteroatoms. The topological polar surface area (TPSA) is 17.1 Å². The normalized spacial score (nSPS) is 19.7. The number of Topliss-reactive ketones (excluding diaryl/α,β-unsaturated/α-hetero) is 1. The van der Waals surface area contributed by atoms with Gasteiger partial charge in [0.1, 0.15) is 5.78 Å². The highest BCUT2D eigenvalue weighted by molar-refractivity contribution is 14.1. The van der Waals surface area contributed by atoms with Gasteiger partial charge in [0.25, 0.3) is 0 Å². The van der Waals surface area contributed by atoms with Crippen LogP contribution in [0, 0.1) is 9.49 Å². The summed E-state index contributed by atoms with van der Waals surface area (Å²) in [5.74, 6) is 1.02. The molecule has 4 rings (SSSR count). The van der Waals surface area contributed by atoms with E-state index in [2.05, 4.69) is 77.2 Å². The molecule has 114 valence electrons. The molecule has 0 radical (unpaired) electrons. The molecule has 2 atom stereocenters. The molecule has 0 aliphatic heterocycles. The Morgan fingerprint density at radius 3 is 2.48 bits per heavy atom. The fraction of sp³-hybridized carbons (Fsp3) is 0.190. The van der Waals surface area contributed by atoms with E-state index >= 15 is 0 Å². The van der Waals surface area contributed by atoms with Crippen molar-refractivity contribution in [3.8, 4) is 0 Å². The van der Waals surface area contributed by atoms with E-state index in [0.717, 1.165) is 12.0 Å². The van der Waals surface area contributed by atoms with Crippen molar-refractivity contribution in [3.05, 3.63) is 81.4 Å². The molecular formula is C21H17IO. The standard InChI is InChI=1S/C21H17IO/c22-18-9-7-16(8-10-18)19-13-20(19)21(23)12-14-5-6-15-3-1-2-4-17(15)11-14/h1-11,19-20H,12-13H2/t19?,20-/m1/s1. The molecule has 1 aliphatic carbocycles. The highest BCUT2D eigenvalue weighted by atomic mass is 127. The first kappa shape index (κ1) is 14.9. The third-order valence-corrected chi connectivity index (χ3v) is 5.41. The summed E-state index contributed by atoms with van der Waals surface area (Å²) in [6.45, 7) is 0. The maximum absolute atomic E-state index is 12.6. The average Bonchev–Trinajstić information content (AvgIpc) is 3.36. The number of carbonyl (C=O) groups is 1. The first-order valence-corrected chi connectivity index (χ1v) is 9.04. The molecule has 0 heterocycles. The van der Waals surface area contributed by atoms with E-state index in [-0.39, 0.29) is 5.92 Å². The second-order valence-electron chi connectivity index (χ2n) is 6.32. The Balaban J connectivity index is 1.46. The fourth-order valence-electron chi connectivity index (χ4n) is 3.31. The highest BCUT2D eigenvalue weighted by Crippen LogP contribution is 2.48. The predicted molar refractivity (Wildman–Crippen MR) is 103 cm³/mol. The van der Waals surface area contributed by atoms with Crippen molar-refractivity contribution < 1.29 is 4.79 Å². The van der Waals surface area contributed by atoms with Gasteiger partial charge < -0.3 is 0 Å². The number of carbonyl (C=O) groups excluding carboxylic acids is 1. The number of fused-ring (bicyclic) bond motifs is 1. The molecule has 0 amide bonds. The summed E-state index contributed by atoms with van der Waals surface area (Å²) in [6.07, 6.45) is 1.56. The SMILES string of the molecule is O=C(Cc1ccc2ccccc2c1)[C@@H]1CC1c1ccc(I)cc1. The number of hydrogen-bond acceptors (Lipinski definition) is 1. The molecule has 1 fully saturated rings. The summed E-state index contributed by atoms with van der Waals surface area (Å²) < 4.78 is 1.24. The molecule has 3 aromatic rings. The van der Waals surface area contributed by atoms with Crippen LogP contribution in [0.4, 0.5) is 0 Å². The molecular weight excluding hydrogens is 395 g/mol. The second kappa shape index (κ2) is 6.08. The Morgan fingerprint density at radius 1 is 0.957 bits per heavy atom. The van der Waals surface area contributed by atoms with E-state index in [1.54, 1.807) is 0 Å². The summed E-state index contributed by atoms with van der Waals surface area (Å²) in [5.41, 5.74) is 2.43. The predicted octanol–water partition coefficient (Wildman–Crippen LogP) is 5.36. The van der Waals surface area contributed by atoms with Gasteiger partial charge in [-0.2, -0.15) is 0 Å². The molecule has 1 nitrogen and oxygen atoms in total. The number of rotatable bonds is 4. The minimum Gasteiger partial charge on any atom is -0.299 e. The zero-order valence-electron chi connectivity index (χ0n) is 12.7. The Bertz CT molecular complexity index is 866. The van der Waals surface area contributed by atoms with Crippen LogP contribution in [-0.2, 0) is 11.2 Å². The van der Waals surface area contributed by atoms with E-state index in [0.29, 0.717) is 18.1 Å². The van der Waals surface area contributed by atoms with Gasteiger partial charge >= 0.3 is 0 Å². The van der Waals surface area contributed by atoms with Crippen molar-refractivity contribution in [1.29, 1.82) is 0 Å². The number of benzene rings is 3. The van der Waals surface area contributed by atoms with Gasteiger partial charge in [-0.15, -0.1) is 0 Å². The monoisotopic (exact) mass is 412 g/mol. The lowest BCUT2D eigenvalue weighted by Crippen LogP contribution is -2.06. The van der Waals surface area contributed by atoms with Crippen LogP contribution in [0.25, 0.3) is 10.8 Å². The van der Waals surface area contributed by atoms with Crippen LogP contribution in [0.1, 0.15) is 23.5 Å². The van der Waals surface area contributed by atoms with Gasteiger partial charge in [0, 0.05) is 15.9 Å². The van der Waals surface area contributed by atoms with Crippen molar-refractivity contribution in [2.45, 2.75) is 18.8 Å². The quantitative estimate of drug-likeness (QED) is 0.528. The van der Waals surface area contributed by atoms with E-state index in [9.17, 15) is 4.79 Å². The molecule has 1 aliphatic rings. The molecule has 1 saturated carbocycles. The van der Waals surface area contributed by atoms with Crippen molar-refractivity contribution in [3.63, 3.8) is 0 Å². The molecule has 0 N–H and O–H groups in total. The molecule has 3 aromatic carbocycles. The van der Waals surface area contributed by atoms with Crippen molar-refractivity contribution in [2.75, 3.05) is 0 Å². The fourth-order valence-corrected chi connectivity index (χ4v) is 3.67. The van der Waals surface area contributed by atoms with Gasteiger partial charge in [0.2, 0.25) is 0 Å². The Hall–Kier alpha value is -1.68. The van der Waals surface area contributed by atoms with Gasteiger partial charge in [-0.05, 0) is 69.0 Å². The van der Waals surface area contributed by atoms with Crippen LogP contribution in [0.2, 0.25) is 0 Å². The average molecular weight is 412 g/mol. The van der Waals surface area contributed by atoms with Crippen LogP contribution < -0.4 is 0 Å². The van der Waals surface area contributed by atoms with Crippen molar-refractivity contribution in [1.82, 2.24) is 0 Å².